The molecule has 1 unspecified atom stereocenters. The molecule has 0 radical (unpaired) electrons. The number of benzene rings is 2. The van der Waals surface area contributed by atoms with Gasteiger partial charge >= 0.3 is 0 Å². The minimum absolute atomic E-state index is 0.193. The van der Waals surface area contributed by atoms with Crippen molar-refractivity contribution in [1.29, 1.82) is 0 Å². The third-order valence-electron chi connectivity index (χ3n) is 3.99. The molecule has 1 N–H and O–H groups in total. The van der Waals surface area contributed by atoms with Crippen LogP contribution in [0.1, 0.15) is 30.0 Å². The molecule has 1 aliphatic rings. The zero-order valence-corrected chi connectivity index (χ0v) is 12.4. The maximum Gasteiger partial charge on any atom is 0.142 e. The third kappa shape index (κ3) is 3.18. The van der Waals surface area contributed by atoms with Crippen LogP contribution < -0.4 is 10.1 Å². The van der Waals surface area contributed by atoms with Crippen LogP contribution in [0.2, 0.25) is 0 Å². The van der Waals surface area contributed by atoms with Gasteiger partial charge in [0.05, 0.1) is 18.8 Å². The van der Waals surface area contributed by atoms with Gasteiger partial charge in [-0.15, -0.1) is 0 Å². The average Bonchev–Trinajstić information content (AvgIpc) is 3.31. The quantitative estimate of drug-likeness (QED) is 0.859. The van der Waals surface area contributed by atoms with Gasteiger partial charge in [0.15, 0.2) is 0 Å². The smallest absolute Gasteiger partial charge is 0.142 e. The Kier molecular flexibility index (Phi) is 3.82. The Morgan fingerprint density at radius 1 is 1.14 bits per heavy atom. The highest BCUT2D eigenvalue weighted by molar-refractivity contribution is 5.59. The van der Waals surface area contributed by atoms with Gasteiger partial charge < -0.3 is 10.1 Å². The second kappa shape index (κ2) is 5.76. The van der Waals surface area contributed by atoms with E-state index in [0.29, 0.717) is 5.92 Å². The standard InChI is InChI=1S/C18H20FNO/c1-12-3-10-16(17(11-12)21-2)20-18(13-4-5-13)14-6-8-15(19)9-7-14/h3,6-11,13,18,20H,4-5H2,1-2H3. The first-order valence-corrected chi connectivity index (χ1v) is 7.34. The molecule has 2 aromatic carbocycles. The monoisotopic (exact) mass is 285 g/mol. The molecule has 1 atom stereocenters. The molecule has 0 saturated heterocycles. The number of hydrogen-bond donors (Lipinski definition) is 1. The summed E-state index contributed by atoms with van der Waals surface area (Å²) in [6, 6.07) is 13.1. The number of hydrogen-bond acceptors (Lipinski definition) is 2. The maximum absolute atomic E-state index is 13.1. The number of anilines is 1. The lowest BCUT2D eigenvalue weighted by molar-refractivity contribution is 0.415. The van der Waals surface area contributed by atoms with Gasteiger partial charge in [0.1, 0.15) is 11.6 Å². The zero-order chi connectivity index (χ0) is 14.8. The SMILES string of the molecule is COc1cc(C)ccc1NC(c1ccc(F)cc1)C1CC1. The molecule has 0 heterocycles. The first-order valence-electron chi connectivity index (χ1n) is 7.34. The predicted molar refractivity (Wildman–Crippen MR) is 83.2 cm³/mol. The van der Waals surface area contributed by atoms with E-state index in [0.717, 1.165) is 17.0 Å². The summed E-state index contributed by atoms with van der Waals surface area (Å²) in [5, 5.41) is 3.58. The van der Waals surface area contributed by atoms with Crippen LogP contribution in [0, 0.1) is 18.7 Å². The van der Waals surface area contributed by atoms with Crippen molar-refractivity contribution in [1.82, 2.24) is 0 Å². The molecule has 0 spiro atoms. The minimum atomic E-state index is -0.193. The number of nitrogens with one attached hydrogen (secondary N) is 1. The molecular formula is C18H20FNO. The van der Waals surface area contributed by atoms with Gasteiger partial charge in [-0.25, -0.2) is 4.39 Å². The summed E-state index contributed by atoms with van der Waals surface area (Å²) in [5.74, 6) is 1.27. The molecule has 0 bridgehead atoms. The lowest BCUT2D eigenvalue weighted by atomic mass is 10.0. The summed E-state index contributed by atoms with van der Waals surface area (Å²) in [6.45, 7) is 2.05. The van der Waals surface area contributed by atoms with Gasteiger partial charge in [-0.1, -0.05) is 18.2 Å². The highest BCUT2D eigenvalue weighted by atomic mass is 19.1. The molecule has 1 aliphatic carbocycles. The van der Waals surface area contributed by atoms with Crippen molar-refractivity contribution in [3.63, 3.8) is 0 Å². The largest absolute Gasteiger partial charge is 0.495 e. The van der Waals surface area contributed by atoms with Crippen molar-refractivity contribution < 1.29 is 9.13 Å². The maximum atomic E-state index is 13.1. The van der Waals surface area contributed by atoms with Crippen molar-refractivity contribution in [2.24, 2.45) is 5.92 Å². The first-order chi connectivity index (χ1) is 10.2. The van der Waals surface area contributed by atoms with E-state index in [4.69, 9.17) is 4.74 Å². The van der Waals surface area contributed by atoms with E-state index in [-0.39, 0.29) is 11.9 Å². The van der Waals surface area contributed by atoms with Crippen LogP contribution in [-0.2, 0) is 0 Å². The number of ether oxygens (including phenoxy) is 1. The van der Waals surface area contributed by atoms with Crippen LogP contribution in [0.15, 0.2) is 42.5 Å². The molecule has 1 saturated carbocycles. The van der Waals surface area contributed by atoms with Gasteiger partial charge in [0.25, 0.3) is 0 Å². The van der Waals surface area contributed by atoms with Crippen molar-refractivity contribution in [3.05, 3.63) is 59.4 Å². The Morgan fingerprint density at radius 2 is 1.86 bits per heavy atom. The number of methoxy groups -OCH3 is 1. The van der Waals surface area contributed by atoms with Gasteiger partial charge in [-0.05, 0) is 61.1 Å². The van der Waals surface area contributed by atoms with E-state index in [9.17, 15) is 4.39 Å². The van der Waals surface area contributed by atoms with E-state index >= 15 is 0 Å². The number of aryl methyl sites for hydroxylation is 1. The van der Waals surface area contributed by atoms with Gasteiger partial charge in [-0.3, -0.25) is 0 Å². The van der Waals surface area contributed by atoms with E-state index in [1.165, 1.54) is 30.5 Å². The lowest BCUT2D eigenvalue weighted by Crippen LogP contribution is -2.13. The molecule has 21 heavy (non-hydrogen) atoms. The molecule has 110 valence electrons. The van der Waals surface area contributed by atoms with Gasteiger partial charge in [0.2, 0.25) is 0 Å². The van der Waals surface area contributed by atoms with E-state index in [1.54, 1.807) is 7.11 Å². The molecule has 0 aromatic heterocycles. The van der Waals surface area contributed by atoms with Gasteiger partial charge in [0, 0.05) is 0 Å². The molecule has 3 rings (SSSR count). The number of halogens is 1. The van der Waals surface area contributed by atoms with Crippen LogP contribution in [0.5, 0.6) is 5.75 Å². The third-order valence-corrected chi connectivity index (χ3v) is 3.99. The second-order valence-corrected chi connectivity index (χ2v) is 5.71. The Hall–Kier alpha value is -2.03. The summed E-state index contributed by atoms with van der Waals surface area (Å²) in [5.41, 5.74) is 3.29. The second-order valence-electron chi connectivity index (χ2n) is 5.71. The zero-order valence-electron chi connectivity index (χ0n) is 12.4. The predicted octanol–water partition coefficient (Wildman–Crippen LogP) is 4.71. The lowest BCUT2D eigenvalue weighted by Gasteiger charge is -2.22. The summed E-state index contributed by atoms with van der Waals surface area (Å²) < 4.78 is 18.6. The van der Waals surface area contributed by atoms with Crippen LogP contribution >= 0.6 is 0 Å². The fourth-order valence-electron chi connectivity index (χ4n) is 2.66. The van der Waals surface area contributed by atoms with Crippen LogP contribution in [-0.4, -0.2) is 7.11 Å². The molecule has 1 fully saturated rings. The highest BCUT2D eigenvalue weighted by Gasteiger charge is 2.32. The fraction of sp³-hybridized carbons (Fsp3) is 0.333. The van der Waals surface area contributed by atoms with Gasteiger partial charge in [-0.2, -0.15) is 0 Å². The first kappa shape index (κ1) is 13.9. The van der Waals surface area contributed by atoms with E-state index in [2.05, 4.69) is 11.4 Å². The summed E-state index contributed by atoms with van der Waals surface area (Å²) in [7, 11) is 1.68. The topological polar surface area (TPSA) is 21.3 Å². The number of rotatable bonds is 5. The van der Waals surface area contributed by atoms with Crippen molar-refractivity contribution in [3.8, 4) is 5.75 Å². The average molecular weight is 285 g/mol. The van der Waals surface area contributed by atoms with Crippen molar-refractivity contribution >= 4 is 5.69 Å². The highest BCUT2D eigenvalue weighted by Crippen LogP contribution is 2.44. The minimum Gasteiger partial charge on any atom is -0.495 e. The summed E-state index contributed by atoms with van der Waals surface area (Å²) in [6.07, 6.45) is 2.42. The molecular weight excluding hydrogens is 265 g/mol. The summed E-state index contributed by atoms with van der Waals surface area (Å²) >= 11 is 0. The molecule has 0 amide bonds. The Bertz CT molecular complexity index is 620. The van der Waals surface area contributed by atoms with Crippen LogP contribution in [0.4, 0.5) is 10.1 Å². The molecule has 0 aliphatic heterocycles. The van der Waals surface area contributed by atoms with Crippen LogP contribution in [0.3, 0.4) is 0 Å². The molecule has 3 heteroatoms. The fourth-order valence-corrected chi connectivity index (χ4v) is 2.66. The summed E-state index contributed by atoms with van der Waals surface area (Å²) in [4.78, 5) is 0. The van der Waals surface area contributed by atoms with Crippen molar-refractivity contribution in [2.75, 3.05) is 12.4 Å². The molecule has 2 nitrogen and oxygen atoms in total. The normalized spacial score (nSPS) is 15.6. The van der Waals surface area contributed by atoms with E-state index < -0.39 is 0 Å². The Morgan fingerprint density at radius 3 is 2.48 bits per heavy atom. The van der Waals surface area contributed by atoms with Crippen LogP contribution in [0.25, 0.3) is 0 Å². The van der Waals surface area contributed by atoms with E-state index in [1.807, 2.05) is 31.2 Å². The Balaban J connectivity index is 1.87. The molecule has 2 aromatic rings. The Labute approximate surface area is 125 Å². The van der Waals surface area contributed by atoms with Crippen molar-refractivity contribution in [2.45, 2.75) is 25.8 Å².